The Bertz CT molecular complexity index is 175. The van der Waals surface area contributed by atoms with Crippen LogP contribution in [0.5, 0.6) is 0 Å². The molecule has 1 heterocycles. The van der Waals surface area contributed by atoms with Crippen LogP contribution in [0.25, 0.3) is 4.85 Å². The first-order chi connectivity index (χ1) is 5.64. The molecule has 12 heavy (non-hydrogen) atoms. The van der Waals surface area contributed by atoms with Gasteiger partial charge in [-0.1, -0.05) is 0 Å². The molecule has 0 bridgehead atoms. The smallest absolute Gasteiger partial charge is 0.229 e. The van der Waals surface area contributed by atoms with Crippen molar-refractivity contribution in [2.75, 3.05) is 6.61 Å². The van der Waals surface area contributed by atoms with Crippen LogP contribution in [0, 0.1) is 6.57 Å². The van der Waals surface area contributed by atoms with Crippen LogP contribution in [0.4, 0.5) is 0 Å². The van der Waals surface area contributed by atoms with Gasteiger partial charge in [-0.3, -0.25) is 0 Å². The van der Waals surface area contributed by atoms with Crippen molar-refractivity contribution in [1.29, 1.82) is 0 Å². The molecular formula is C10H17NO. The minimum absolute atomic E-state index is 0.234. The van der Waals surface area contributed by atoms with Gasteiger partial charge in [0.25, 0.3) is 0 Å². The highest BCUT2D eigenvalue weighted by Gasteiger charge is 2.29. The summed E-state index contributed by atoms with van der Waals surface area (Å²) in [5, 5.41) is 0. The van der Waals surface area contributed by atoms with E-state index >= 15 is 0 Å². The summed E-state index contributed by atoms with van der Waals surface area (Å²) in [6, 6.07) is 0. The molecule has 2 heteroatoms. The Kier molecular flexibility index (Phi) is 3.11. The lowest BCUT2D eigenvalue weighted by Gasteiger charge is -2.25. The highest BCUT2D eigenvalue weighted by molar-refractivity contribution is 4.92. The molecule has 0 aliphatic carbocycles. The van der Waals surface area contributed by atoms with Gasteiger partial charge in [-0.15, -0.1) is 0 Å². The Morgan fingerprint density at radius 1 is 1.50 bits per heavy atom. The topological polar surface area (TPSA) is 13.6 Å². The number of hydrogen-bond donors (Lipinski definition) is 0. The molecule has 1 atom stereocenters. The van der Waals surface area contributed by atoms with E-state index in [1.54, 1.807) is 0 Å². The summed E-state index contributed by atoms with van der Waals surface area (Å²) < 4.78 is 5.57. The summed E-state index contributed by atoms with van der Waals surface area (Å²) >= 11 is 0. The average molecular weight is 167 g/mol. The summed E-state index contributed by atoms with van der Waals surface area (Å²) in [5.41, 5.74) is -0.234. The maximum absolute atomic E-state index is 6.99. The van der Waals surface area contributed by atoms with E-state index in [0.717, 1.165) is 19.4 Å². The Hall–Kier alpha value is -0.550. The third-order valence-electron chi connectivity index (χ3n) is 2.30. The van der Waals surface area contributed by atoms with Crippen molar-refractivity contribution >= 4 is 0 Å². The van der Waals surface area contributed by atoms with Gasteiger partial charge in [-0.25, -0.2) is 6.57 Å². The number of hydrogen-bond acceptors (Lipinski definition) is 1. The van der Waals surface area contributed by atoms with Gasteiger partial charge in [0.15, 0.2) is 0 Å². The van der Waals surface area contributed by atoms with Crippen LogP contribution in [0.3, 0.4) is 0 Å². The fourth-order valence-electron chi connectivity index (χ4n) is 1.57. The van der Waals surface area contributed by atoms with Crippen molar-refractivity contribution in [1.82, 2.24) is 0 Å². The fourth-order valence-corrected chi connectivity index (χ4v) is 1.57. The van der Waals surface area contributed by atoms with Gasteiger partial charge in [-0.05, 0) is 19.3 Å². The zero-order chi connectivity index (χ0) is 9.03. The SMILES string of the molecule is [C-]#[N+]C(C)(C)CC1CCCCO1. The van der Waals surface area contributed by atoms with Crippen molar-refractivity contribution in [2.45, 2.75) is 51.2 Å². The summed E-state index contributed by atoms with van der Waals surface area (Å²) in [7, 11) is 0. The van der Waals surface area contributed by atoms with Gasteiger partial charge in [0.05, 0.1) is 12.5 Å². The van der Waals surface area contributed by atoms with Gasteiger partial charge < -0.3 is 9.58 Å². The molecule has 0 aromatic heterocycles. The van der Waals surface area contributed by atoms with E-state index in [4.69, 9.17) is 11.3 Å². The molecule has 0 spiro atoms. The van der Waals surface area contributed by atoms with Gasteiger partial charge in [0.1, 0.15) is 0 Å². The molecule has 1 aliphatic rings. The van der Waals surface area contributed by atoms with Gasteiger partial charge in [0, 0.05) is 20.5 Å². The van der Waals surface area contributed by atoms with Crippen LogP contribution in [0.15, 0.2) is 0 Å². The van der Waals surface area contributed by atoms with Crippen LogP contribution in [-0.2, 0) is 4.74 Å². The van der Waals surface area contributed by atoms with Gasteiger partial charge >= 0.3 is 0 Å². The average Bonchev–Trinajstić information content (AvgIpc) is 2.06. The maximum atomic E-state index is 6.99. The molecule has 68 valence electrons. The Balaban J connectivity index is 2.35. The van der Waals surface area contributed by atoms with E-state index in [1.807, 2.05) is 13.8 Å². The summed E-state index contributed by atoms with van der Waals surface area (Å²) in [6.45, 7) is 11.8. The van der Waals surface area contributed by atoms with E-state index in [-0.39, 0.29) is 5.54 Å². The van der Waals surface area contributed by atoms with Crippen molar-refractivity contribution in [3.8, 4) is 0 Å². The van der Waals surface area contributed by atoms with Gasteiger partial charge in [-0.2, -0.15) is 0 Å². The molecule has 1 fully saturated rings. The second-order valence-corrected chi connectivity index (χ2v) is 4.12. The lowest BCUT2D eigenvalue weighted by Crippen LogP contribution is -2.28. The third-order valence-corrected chi connectivity index (χ3v) is 2.30. The molecule has 1 aliphatic heterocycles. The molecular weight excluding hydrogens is 150 g/mol. The largest absolute Gasteiger partial charge is 0.378 e. The predicted molar refractivity (Wildman–Crippen MR) is 48.9 cm³/mol. The second-order valence-electron chi connectivity index (χ2n) is 4.12. The van der Waals surface area contributed by atoms with E-state index in [2.05, 4.69) is 4.85 Å². The van der Waals surface area contributed by atoms with E-state index in [0.29, 0.717) is 6.10 Å². The Labute approximate surface area is 74.7 Å². The van der Waals surface area contributed by atoms with Gasteiger partial charge in [0.2, 0.25) is 5.54 Å². The molecule has 0 saturated carbocycles. The second kappa shape index (κ2) is 3.91. The van der Waals surface area contributed by atoms with Crippen molar-refractivity contribution < 1.29 is 4.74 Å². The van der Waals surface area contributed by atoms with Crippen molar-refractivity contribution in [3.63, 3.8) is 0 Å². The first kappa shape index (κ1) is 9.54. The third kappa shape index (κ3) is 2.83. The minimum Gasteiger partial charge on any atom is -0.378 e. The Morgan fingerprint density at radius 2 is 2.25 bits per heavy atom. The molecule has 0 radical (unpaired) electrons. The highest BCUT2D eigenvalue weighted by atomic mass is 16.5. The lowest BCUT2D eigenvalue weighted by molar-refractivity contribution is 0.00405. The zero-order valence-electron chi connectivity index (χ0n) is 7.97. The molecule has 1 saturated heterocycles. The minimum atomic E-state index is -0.234. The normalized spacial score (nSPS) is 24.9. The lowest BCUT2D eigenvalue weighted by atomic mass is 9.94. The Morgan fingerprint density at radius 3 is 2.75 bits per heavy atom. The van der Waals surface area contributed by atoms with Crippen molar-refractivity contribution in [2.24, 2.45) is 0 Å². The predicted octanol–water partition coefficient (Wildman–Crippen LogP) is 2.64. The fraction of sp³-hybridized carbons (Fsp3) is 0.900. The summed E-state index contributed by atoms with van der Waals surface area (Å²) in [5.74, 6) is 0. The van der Waals surface area contributed by atoms with Crippen molar-refractivity contribution in [3.05, 3.63) is 11.4 Å². The number of rotatable bonds is 2. The molecule has 0 amide bonds. The van der Waals surface area contributed by atoms with Crippen LogP contribution >= 0.6 is 0 Å². The monoisotopic (exact) mass is 167 g/mol. The standard InChI is InChI=1S/C10H17NO/c1-10(2,11-3)8-9-6-4-5-7-12-9/h9H,4-8H2,1-2H3. The molecule has 1 rings (SSSR count). The quantitative estimate of drug-likeness (QED) is 0.576. The van der Waals surface area contributed by atoms with E-state index < -0.39 is 0 Å². The molecule has 0 N–H and O–H groups in total. The first-order valence-corrected chi connectivity index (χ1v) is 4.64. The van der Waals surface area contributed by atoms with E-state index in [9.17, 15) is 0 Å². The molecule has 0 aromatic rings. The van der Waals surface area contributed by atoms with Crippen LogP contribution in [-0.4, -0.2) is 18.2 Å². The maximum Gasteiger partial charge on any atom is 0.229 e. The van der Waals surface area contributed by atoms with E-state index in [1.165, 1.54) is 12.8 Å². The van der Waals surface area contributed by atoms with Crippen LogP contribution in [0.1, 0.15) is 39.5 Å². The first-order valence-electron chi connectivity index (χ1n) is 4.64. The molecule has 2 nitrogen and oxygen atoms in total. The summed E-state index contributed by atoms with van der Waals surface area (Å²) in [6.07, 6.45) is 4.81. The van der Waals surface area contributed by atoms with Crippen LogP contribution < -0.4 is 0 Å². The number of ether oxygens (including phenoxy) is 1. The molecule has 0 aromatic carbocycles. The van der Waals surface area contributed by atoms with Crippen LogP contribution in [0.2, 0.25) is 0 Å². The number of nitrogens with zero attached hydrogens (tertiary/aromatic N) is 1. The summed E-state index contributed by atoms with van der Waals surface area (Å²) in [4.78, 5) is 3.58. The highest BCUT2D eigenvalue weighted by Crippen LogP contribution is 2.24. The zero-order valence-corrected chi connectivity index (χ0v) is 7.97. The molecule has 1 unspecified atom stereocenters.